The van der Waals surface area contributed by atoms with E-state index in [9.17, 15) is 4.79 Å². The van der Waals surface area contributed by atoms with Crippen LogP contribution in [-0.2, 0) is 0 Å². The molecule has 0 aliphatic heterocycles. The largest absolute Gasteiger partial charge is 0.350 e. The first kappa shape index (κ1) is 18.1. The molecule has 2 N–H and O–H groups in total. The third kappa shape index (κ3) is 4.91. The summed E-state index contributed by atoms with van der Waals surface area (Å²) in [7, 11) is 0. The Kier molecular flexibility index (Phi) is 6.00. The number of carbonyl (C=O) groups is 1. The third-order valence-electron chi connectivity index (χ3n) is 4.64. The fourth-order valence-electron chi connectivity index (χ4n) is 3.10. The highest BCUT2D eigenvalue weighted by Crippen LogP contribution is 2.20. The molecule has 1 aromatic carbocycles. The molecule has 0 spiro atoms. The minimum absolute atomic E-state index is 0.159. The van der Waals surface area contributed by atoms with Crippen LogP contribution in [0.1, 0.15) is 53.7 Å². The number of aromatic nitrogens is 2. The SMILES string of the molecule is Cc1ccc(C)c(Nc2nccc(C(=O)NCCC3=CCCCC3)n2)c1. The van der Waals surface area contributed by atoms with Crippen LogP contribution in [0.4, 0.5) is 11.6 Å². The van der Waals surface area contributed by atoms with Gasteiger partial charge in [-0.1, -0.05) is 23.8 Å². The number of allylic oxidation sites excluding steroid dienone is 1. The molecule has 3 rings (SSSR count). The molecule has 0 radical (unpaired) electrons. The molecule has 0 saturated heterocycles. The van der Waals surface area contributed by atoms with Gasteiger partial charge in [0.2, 0.25) is 5.95 Å². The lowest BCUT2D eigenvalue weighted by atomic mass is 9.97. The number of carbonyl (C=O) groups excluding carboxylic acids is 1. The second kappa shape index (κ2) is 8.61. The second-order valence-corrected chi connectivity index (χ2v) is 6.82. The van der Waals surface area contributed by atoms with Crippen molar-refractivity contribution in [2.45, 2.75) is 46.0 Å². The molecule has 1 heterocycles. The van der Waals surface area contributed by atoms with Crippen LogP contribution in [0.5, 0.6) is 0 Å². The van der Waals surface area contributed by atoms with E-state index in [1.54, 1.807) is 12.3 Å². The number of hydrogen-bond acceptors (Lipinski definition) is 4. The van der Waals surface area contributed by atoms with Gasteiger partial charge in [0.15, 0.2) is 0 Å². The van der Waals surface area contributed by atoms with Gasteiger partial charge in [0.05, 0.1) is 0 Å². The molecule has 136 valence electrons. The van der Waals surface area contributed by atoms with E-state index in [4.69, 9.17) is 0 Å². The maximum absolute atomic E-state index is 12.4. The molecule has 1 aliphatic rings. The summed E-state index contributed by atoms with van der Waals surface area (Å²) in [5.41, 5.74) is 5.05. The lowest BCUT2D eigenvalue weighted by Crippen LogP contribution is -2.26. The molecule has 1 aliphatic carbocycles. The van der Waals surface area contributed by atoms with Gasteiger partial charge in [-0.05, 0) is 69.2 Å². The summed E-state index contributed by atoms with van der Waals surface area (Å²) in [6, 6.07) is 7.80. The molecule has 0 fully saturated rings. The van der Waals surface area contributed by atoms with E-state index >= 15 is 0 Å². The molecule has 2 aromatic rings. The van der Waals surface area contributed by atoms with Crippen LogP contribution in [0.15, 0.2) is 42.1 Å². The molecular formula is C21H26N4O. The van der Waals surface area contributed by atoms with Crippen molar-refractivity contribution in [2.75, 3.05) is 11.9 Å². The summed E-state index contributed by atoms with van der Waals surface area (Å²) in [6.07, 6.45) is 9.72. The Labute approximate surface area is 155 Å². The molecule has 26 heavy (non-hydrogen) atoms. The fraction of sp³-hybridized carbons (Fsp3) is 0.381. The van der Waals surface area contributed by atoms with Crippen molar-refractivity contribution < 1.29 is 4.79 Å². The van der Waals surface area contributed by atoms with Crippen molar-refractivity contribution in [1.82, 2.24) is 15.3 Å². The van der Waals surface area contributed by atoms with Crippen LogP contribution in [0, 0.1) is 13.8 Å². The van der Waals surface area contributed by atoms with Crippen LogP contribution >= 0.6 is 0 Å². The molecule has 0 unspecified atom stereocenters. The number of amides is 1. The Bertz CT molecular complexity index is 813. The minimum atomic E-state index is -0.159. The Morgan fingerprint density at radius 3 is 2.88 bits per heavy atom. The maximum atomic E-state index is 12.4. The van der Waals surface area contributed by atoms with Crippen molar-refractivity contribution in [3.63, 3.8) is 0 Å². The number of anilines is 2. The molecule has 5 nitrogen and oxygen atoms in total. The number of benzene rings is 1. The summed E-state index contributed by atoms with van der Waals surface area (Å²) in [4.78, 5) is 20.9. The highest BCUT2D eigenvalue weighted by molar-refractivity contribution is 5.92. The molecule has 5 heteroatoms. The summed E-state index contributed by atoms with van der Waals surface area (Å²) >= 11 is 0. The van der Waals surface area contributed by atoms with Gasteiger partial charge in [0.25, 0.3) is 5.91 Å². The van der Waals surface area contributed by atoms with Crippen LogP contribution in [0.3, 0.4) is 0 Å². The Morgan fingerprint density at radius 1 is 1.19 bits per heavy atom. The van der Waals surface area contributed by atoms with E-state index in [1.165, 1.54) is 24.8 Å². The topological polar surface area (TPSA) is 66.9 Å². The van der Waals surface area contributed by atoms with Crippen LogP contribution in [-0.4, -0.2) is 22.4 Å². The zero-order valence-corrected chi connectivity index (χ0v) is 15.5. The van der Waals surface area contributed by atoms with Gasteiger partial charge in [-0.3, -0.25) is 4.79 Å². The van der Waals surface area contributed by atoms with E-state index in [0.29, 0.717) is 18.2 Å². The summed E-state index contributed by atoms with van der Waals surface area (Å²) in [5.74, 6) is 0.272. The molecule has 0 atom stereocenters. The predicted molar refractivity (Wildman–Crippen MR) is 105 cm³/mol. The van der Waals surface area contributed by atoms with Crippen molar-refractivity contribution in [1.29, 1.82) is 0 Å². The van der Waals surface area contributed by atoms with Gasteiger partial charge in [0.1, 0.15) is 5.69 Å². The van der Waals surface area contributed by atoms with Gasteiger partial charge in [0, 0.05) is 18.4 Å². The third-order valence-corrected chi connectivity index (χ3v) is 4.64. The first-order valence-electron chi connectivity index (χ1n) is 9.25. The van der Waals surface area contributed by atoms with Crippen molar-refractivity contribution in [3.8, 4) is 0 Å². The maximum Gasteiger partial charge on any atom is 0.270 e. The highest BCUT2D eigenvalue weighted by Gasteiger charge is 2.10. The van der Waals surface area contributed by atoms with Crippen LogP contribution in [0.2, 0.25) is 0 Å². The van der Waals surface area contributed by atoms with E-state index < -0.39 is 0 Å². The average Bonchev–Trinajstić information content (AvgIpc) is 2.66. The quantitative estimate of drug-likeness (QED) is 0.755. The standard InChI is InChI=1S/C21H26N4O/c1-15-8-9-16(2)19(14-15)25-21-23-13-11-18(24-21)20(26)22-12-10-17-6-4-3-5-7-17/h6,8-9,11,13-14H,3-5,7,10,12H2,1-2H3,(H,22,26)(H,23,24,25). The Morgan fingerprint density at radius 2 is 2.08 bits per heavy atom. The second-order valence-electron chi connectivity index (χ2n) is 6.82. The van der Waals surface area contributed by atoms with Crippen molar-refractivity contribution in [3.05, 3.63) is 58.9 Å². The minimum Gasteiger partial charge on any atom is -0.350 e. The first-order chi connectivity index (χ1) is 12.6. The van der Waals surface area contributed by atoms with Gasteiger partial charge < -0.3 is 10.6 Å². The lowest BCUT2D eigenvalue weighted by Gasteiger charge is -2.13. The van der Waals surface area contributed by atoms with E-state index in [-0.39, 0.29) is 5.91 Å². The van der Waals surface area contributed by atoms with Gasteiger partial charge in [-0.25, -0.2) is 9.97 Å². The lowest BCUT2D eigenvalue weighted by molar-refractivity contribution is 0.0949. The fourth-order valence-corrected chi connectivity index (χ4v) is 3.10. The van der Waals surface area contributed by atoms with E-state index in [1.807, 2.05) is 26.0 Å². The Hall–Kier alpha value is -2.69. The molecule has 1 aromatic heterocycles. The van der Waals surface area contributed by atoms with E-state index in [0.717, 1.165) is 29.7 Å². The number of hydrogen-bond donors (Lipinski definition) is 2. The molecule has 1 amide bonds. The Balaban J connectivity index is 1.60. The zero-order chi connectivity index (χ0) is 18.4. The normalized spacial score (nSPS) is 13.8. The zero-order valence-electron chi connectivity index (χ0n) is 15.5. The smallest absolute Gasteiger partial charge is 0.270 e. The van der Waals surface area contributed by atoms with Crippen molar-refractivity contribution in [2.24, 2.45) is 0 Å². The highest BCUT2D eigenvalue weighted by atomic mass is 16.1. The number of nitrogens with zero attached hydrogens (tertiary/aromatic N) is 2. The van der Waals surface area contributed by atoms with Gasteiger partial charge in [-0.15, -0.1) is 0 Å². The summed E-state index contributed by atoms with van der Waals surface area (Å²) in [6.45, 7) is 4.71. The molecular weight excluding hydrogens is 324 g/mol. The average molecular weight is 350 g/mol. The van der Waals surface area contributed by atoms with Crippen LogP contribution in [0.25, 0.3) is 0 Å². The number of rotatable bonds is 6. The number of aryl methyl sites for hydroxylation is 2. The van der Waals surface area contributed by atoms with Crippen LogP contribution < -0.4 is 10.6 Å². The van der Waals surface area contributed by atoms with Gasteiger partial charge >= 0.3 is 0 Å². The van der Waals surface area contributed by atoms with E-state index in [2.05, 4.69) is 32.7 Å². The first-order valence-corrected chi connectivity index (χ1v) is 9.25. The number of nitrogens with one attached hydrogen (secondary N) is 2. The van der Waals surface area contributed by atoms with Crippen molar-refractivity contribution >= 4 is 17.5 Å². The molecule has 0 saturated carbocycles. The molecule has 0 bridgehead atoms. The summed E-state index contributed by atoms with van der Waals surface area (Å²) in [5, 5.41) is 6.16. The predicted octanol–water partition coefficient (Wildman–Crippen LogP) is 4.46. The summed E-state index contributed by atoms with van der Waals surface area (Å²) < 4.78 is 0. The monoisotopic (exact) mass is 350 g/mol. The van der Waals surface area contributed by atoms with Gasteiger partial charge in [-0.2, -0.15) is 0 Å².